The normalized spacial score (nSPS) is 11.7. The van der Waals surface area contributed by atoms with Crippen LogP contribution < -0.4 is 4.31 Å². The molecule has 0 spiro atoms. The van der Waals surface area contributed by atoms with Gasteiger partial charge in [0, 0.05) is 31.2 Å². The van der Waals surface area contributed by atoms with Crippen molar-refractivity contribution in [1.29, 1.82) is 0 Å². The van der Waals surface area contributed by atoms with E-state index in [-0.39, 0.29) is 22.9 Å². The van der Waals surface area contributed by atoms with Gasteiger partial charge < -0.3 is 5.11 Å². The molecule has 4 rings (SSSR count). The maximum Gasteiger partial charge on any atom is 0.426 e. The fraction of sp³-hybridized carbons (Fsp3) is 0.160. The molecule has 0 bridgehead atoms. The number of anilines is 1. The predicted octanol–water partition coefficient (Wildman–Crippen LogP) is 5.70. The van der Waals surface area contributed by atoms with E-state index >= 15 is 8.78 Å². The molecule has 0 aliphatic carbocycles. The fourth-order valence-corrected chi connectivity index (χ4v) is 5.31. The number of benzene rings is 2. The molecule has 0 fully saturated rings. The summed E-state index contributed by atoms with van der Waals surface area (Å²) in [5, 5.41) is 14.0. The second-order valence-electron chi connectivity index (χ2n) is 8.57. The van der Waals surface area contributed by atoms with Crippen molar-refractivity contribution in [3.8, 4) is 22.4 Å². The lowest BCUT2D eigenvalue weighted by Crippen LogP contribution is -2.37. The van der Waals surface area contributed by atoms with E-state index in [0.29, 0.717) is 17.7 Å². The zero-order valence-corrected chi connectivity index (χ0v) is 21.0. The molecule has 13 heteroatoms. The van der Waals surface area contributed by atoms with Gasteiger partial charge in [0.05, 0.1) is 5.56 Å². The van der Waals surface area contributed by atoms with Crippen molar-refractivity contribution in [2.45, 2.75) is 24.7 Å². The smallest absolute Gasteiger partial charge is 0.426 e. The number of rotatable bonds is 6. The fourth-order valence-electron chi connectivity index (χ4n) is 3.94. The molecule has 0 saturated heterocycles. The molecule has 0 unspecified atom stereocenters. The van der Waals surface area contributed by atoms with Crippen molar-refractivity contribution in [2.24, 2.45) is 7.05 Å². The van der Waals surface area contributed by atoms with Gasteiger partial charge in [0.2, 0.25) is 0 Å². The monoisotopic (exact) mass is 548 g/mol. The van der Waals surface area contributed by atoms with Crippen molar-refractivity contribution in [2.75, 3.05) is 4.31 Å². The predicted molar refractivity (Wildman–Crippen MR) is 130 cm³/mol. The standard InChI is InChI=1S/C25H20F4N4O4S/c1-13(2)16-11-19(33(25(34)35)38(36,37)20-10-15(26)4-5-18(20)27)23(29)21(22(16)28)24-17(12-32(3)31-24)14-6-8-30-9-7-14/h4-13H,1-3H3,(H,34,35). The highest BCUT2D eigenvalue weighted by Crippen LogP contribution is 2.41. The van der Waals surface area contributed by atoms with Gasteiger partial charge in [0.25, 0.3) is 10.0 Å². The van der Waals surface area contributed by atoms with Gasteiger partial charge in [-0.25, -0.2) is 30.8 Å². The lowest BCUT2D eigenvalue weighted by atomic mass is 9.94. The average Bonchev–Trinajstić information content (AvgIpc) is 3.23. The Morgan fingerprint density at radius 2 is 1.68 bits per heavy atom. The minimum atomic E-state index is -5.42. The molecule has 0 aliphatic rings. The van der Waals surface area contributed by atoms with Gasteiger partial charge >= 0.3 is 6.09 Å². The first-order valence-electron chi connectivity index (χ1n) is 11.0. The molecule has 2 aromatic carbocycles. The number of nitrogens with zero attached hydrogens (tertiary/aromatic N) is 4. The van der Waals surface area contributed by atoms with Gasteiger partial charge in [-0.2, -0.15) is 9.40 Å². The number of sulfonamides is 1. The third kappa shape index (κ3) is 4.60. The van der Waals surface area contributed by atoms with Gasteiger partial charge in [0.15, 0.2) is 5.82 Å². The van der Waals surface area contributed by atoms with E-state index < -0.39 is 65.8 Å². The maximum atomic E-state index is 16.2. The van der Waals surface area contributed by atoms with Gasteiger partial charge in [-0.05, 0) is 53.4 Å². The van der Waals surface area contributed by atoms with Crippen LogP contribution in [0.25, 0.3) is 22.4 Å². The summed E-state index contributed by atoms with van der Waals surface area (Å²) in [5.41, 5.74) is -1.64. The van der Waals surface area contributed by atoms with Crippen LogP contribution in [-0.4, -0.2) is 34.4 Å². The van der Waals surface area contributed by atoms with Gasteiger partial charge in [-0.3, -0.25) is 9.67 Å². The second kappa shape index (κ2) is 9.89. The Morgan fingerprint density at radius 1 is 1.03 bits per heavy atom. The van der Waals surface area contributed by atoms with E-state index in [1.807, 2.05) is 0 Å². The lowest BCUT2D eigenvalue weighted by Gasteiger charge is -2.23. The molecular formula is C25H20F4N4O4S. The summed E-state index contributed by atoms with van der Waals surface area (Å²) in [6.45, 7) is 3.05. The maximum absolute atomic E-state index is 16.2. The summed E-state index contributed by atoms with van der Waals surface area (Å²) in [5.74, 6) is -5.98. The first-order chi connectivity index (χ1) is 17.8. The Labute approximate surface area is 214 Å². The van der Waals surface area contributed by atoms with Gasteiger partial charge in [-0.1, -0.05) is 13.8 Å². The number of amides is 1. The summed E-state index contributed by atoms with van der Waals surface area (Å²) >= 11 is 0. The van der Waals surface area contributed by atoms with E-state index in [1.165, 1.54) is 44.2 Å². The van der Waals surface area contributed by atoms with Gasteiger partial charge in [-0.15, -0.1) is 0 Å². The van der Waals surface area contributed by atoms with E-state index in [4.69, 9.17) is 0 Å². The number of aromatic nitrogens is 3. The highest BCUT2D eigenvalue weighted by molar-refractivity contribution is 7.93. The highest BCUT2D eigenvalue weighted by Gasteiger charge is 2.38. The lowest BCUT2D eigenvalue weighted by molar-refractivity contribution is 0.206. The van der Waals surface area contributed by atoms with Crippen LogP contribution >= 0.6 is 0 Å². The Balaban J connectivity index is 2.07. The molecule has 8 nitrogen and oxygen atoms in total. The topological polar surface area (TPSA) is 105 Å². The molecule has 198 valence electrons. The summed E-state index contributed by atoms with van der Waals surface area (Å²) in [4.78, 5) is 14.8. The van der Waals surface area contributed by atoms with Crippen LogP contribution in [0.15, 0.2) is 59.9 Å². The van der Waals surface area contributed by atoms with E-state index in [0.717, 1.165) is 6.07 Å². The Kier molecular flexibility index (Phi) is 6.98. The molecule has 0 aliphatic heterocycles. The zero-order valence-electron chi connectivity index (χ0n) is 20.2. The molecule has 0 atom stereocenters. The number of hydrogen-bond donors (Lipinski definition) is 1. The van der Waals surface area contributed by atoms with E-state index in [1.54, 1.807) is 12.1 Å². The molecule has 4 aromatic rings. The Morgan fingerprint density at radius 3 is 2.29 bits per heavy atom. The molecule has 1 amide bonds. The van der Waals surface area contributed by atoms with E-state index in [2.05, 4.69) is 10.1 Å². The second-order valence-corrected chi connectivity index (χ2v) is 10.3. The summed E-state index contributed by atoms with van der Waals surface area (Å²) in [6, 6.07) is 5.23. The van der Waals surface area contributed by atoms with E-state index in [9.17, 15) is 27.1 Å². The number of aryl methyl sites for hydroxylation is 1. The minimum absolute atomic E-state index is 0.233. The van der Waals surface area contributed by atoms with Crippen LogP contribution in [0.1, 0.15) is 25.3 Å². The largest absolute Gasteiger partial charge is 0.464 e. The molecule has 2 heterocycles. The van der Waals surface area contributed by atoms with Crippen molar-refractivity contribution >= 4 is 21.8 Å². The van der Waals surface area contributed by atoms with Crippen LogP contribution in [0.2, 0.25) is 0 Å². The van der Waals surface area contributed by atoms with Gasteiger partial charge in [0.1, 0.15) is 33.7 Å². The van der Waals surface area contributed by atoms with Crippen LogP contribution in [0, 0.1) is 23.3 Å². The number of pyridine rings is 1. The first-order valence-corrected chi connectivity index (χ1v) is 12.5. The van der Waals surface area contributed by atoms with Crippen LogP contribution in [-0.2, 0) is 17.1 Å². The first kappa shape index (κ1) is 26.8. The summed E-state index contributed by atoms with van der Waals surface area (Å²) in [6.07, 6.45) is 2.14. The van der Waals surface area contributed by atoms with Crippen LogP contribution in [0.5, 0.6) is 0 Å². The van der Waals surface area contributed by atoms with Crippen molar-refractivity contribution in [3.05, 3.63) is 83.8 Å². The third-order valence-corrected chi connectivity index (χ3v) is 7.39. The van der Waals surface area contributed by atoms with Crippen molar-refractivity contribution < 1.29 is 35.9 Å². The number of carboxylic acid groups (broad SMARTS) is 1. The van der Waals surface area contributed by atoms with Crippen LogP contribution in [0.4, 0.5) is 28.0 Å². The molecule has 1 N–H and O–H groups in total. The van der Waals surface area contributed by atoms with Crippen molar-refractivity contribution in [1.82, 2.24) is 14.8 Å². The molecule has 2 aromatic heterocycles. The SMILES string of the molecule is CC(C)c1cc(N(C(=O)O)S(=O)(=O)c2cc(F)ccc2F)c(F)c(-c2nn(C)cc2-c2ccncc2)c1F. The summed E-state index contributed by atoms with van der Waals surface area (Å²) in [7, 11) is -3.92. The Hall–Kier alpha value is -4.26. The molecular weight excluding hydrogens is 528 g/mol. The third-order valence-electron chi connectivity index (χ3n) is 5.69. The number of hydrogen-bond acceptors (Lipinski definition) is 5. The van der Waals surface area contributed by atoms with Crippen molar-refractivity contribution in [3.63, 3.8) is 0 Å². The molecule has 0 saturated carbocycles. The highest BCUT2D eigenvalue weighted by atomic mass is 32.2. The molecule has 38 heavy (non-hydrogen) atoms. The number of carbonyl (C=O) groups is 1. The average molecular weight is 549 g/mol. The zero-order chi connectivity index (χ0) is 27.9. The molecule has 0 radical (unpaired) electrons. The quantitative estimate of drug-likeness (QED) is 0.310. The minimum Gasteiger partial charge on any atom is -0.464 e. The Bertz CT molecular complexity index is 1660. The number of halogens is 4. The summed E-state index contributed by atoms with van der Waals surface area (Å²) < 4.78 is 87.6. The van der Waals surface area contributed by atoms with Crippen LogP contribution in [0.3, 0.4) is 0 Å².